The van der Waals surface area contributed by atoms with Crippen molar-refractivity contribution < 1.29 is 8.83 Å². The van der Waals surface area contributed by atoms with E-state index in [-0.39, 0.29) is 0 Å². The third-order valence-corrected chi connectivity index (χ3v) is 5.37. The first-order valence-electron chi connectivity index (χ1n) is 9.71. The summed E-state index contributed by atoms with van der Waals surface area (Å²) < 4.78 is 11.1. The summed E-state index contributed by atoms with van der Waals surface area (Å²) in [4.78, 5) is 26.1. The fourth-order valence-electron chi connectivity index (χ4n) is 3.99. The van der Waals surface area contributed by atoms with Gasteiger partial charge in [-0.2, -0.15) is 5.26 Å². The summed E-state index contributed by atoms with van der Waals surface area (Å²) in [6.07, 6.45) is 0. The molecule has 2 aliphatic heterocycles. The Labute approximate surface area is 177 Å². The summed E-state index contributed by atoms with van der Waals surface area (Å²) in [6.45, 7) is 0. The summed E-state index contributed by atoms with van der Waals surface area (Å²) in [5.74, 6) is 0.156. The zero-order valence-electron chi connectivity index (χ0n) is 16.2. The average molecular weight is 405 g/mol. The minimum atomic E-state index is -0.722. The van der Waals surface area contributed by atoms with Gasteiger partial charge in [-0.25, -0.2) is 9.59 Å². The molecule has 1 aromatic carbocycles. The van der Waals surface area contributed by atoms with E-state index in [1.807, 2.05) is 24.3 Å². The van der Waals surface area contributed by atoms with Crippen LogP contribution >= 0.6 is 0 Å². The zero-order chi connectivity index (χ0) is 21.4. The first-order valence-corrected chi connectivity index (χ1v) is 9.71. The Morgan fingerprint density at radius 1 is 0.645 bits per heavy atom. The molecular formula is C26H15NO4. The molecule has 2 heterocycles. The molecule has 0 saturated carbocycles. The highest BCUT2D eigenvalue weighted by Crippen LogP contribution is 2.40. The lowest BCUT2D eigenvalue weighted by Crippen LogP contribution is -2.17. The van der Waals surface area contributed by atoms with Crippen molar-refractivity contribution in [2.75, 3.05) is 0 Å². The van der Waals surface area contributed by atoms with Crippen LogP contribution < -0.4 is 11.3 Å². The normalized spacial score (nSPS) is 11.1. The van der Waals surface area contributed by atoms with Crippen LogP contribution in [0.25, 0.3) is 22.6 Å². The second-order valence-corrected chi connectivity index (χ2v) is 7.15. The van der Waals surface area contributed by atoms with Crippen LogP contribution in [0.1, 0.15) is 28.2 Å². The molecule has 0 aromatic heterocycles. The Morgan fingerprint density at radius 3 is 1.61 bits per heavy atom. The van der Waals surface area contributed by atoms with Gasteiger partial charge in [-0.05, 0) is 29.8 Å². The first kappa shape index (κ1) is 18.6. The smallest absolute Gasteiger partial charge is 0.341 e. The Balaban J connectivity index is 1.85. The van der Waals surface area contributed by atoms with Gasteiger partial charge in [0.2, 0.25) is 0 Å². The van der Waals surface area contributed by atoms with Crippen LogP contribution in [0.4, 0.5) is 0 Å². The van der Waals surface area contributed by atoms with Crippen LogP contribution in [0.5, 0.6) is 0 Å². The Hall–Kier alpha value is -4.43. The predicted octanol–water partition coefficient (Wildman–Crippen LogP) is 4.85. The molecule has 0 radical (unpaired) electrons. The molecule has 0 fully saturated rings. The lowest BCUT2D eigenvalue weighted by atomic mass is 9.82. The second kappa shape index (κ2) is 7.43. The second-order valence-electron chi connectivity index (χ2n) is 7.15. The van der Waals surface area contributed by atoms with Crippen LogP contribution in [0, 0.1) is 11.3 Å². The molecule has 5 heteroatoms. The van der Waals surface area contributed by atoms with Crippen molar-refractivity contribution in [2.24, 2.45) is 0 Å². The minimum absolute atomic E-state index is 0.363. The van der Waals surface area contributed by atoms with Crippen molar-refractivity contribution in [3.63, 3.8) is 0 Å². The number of hydrogen-bond donors (Lipinski definition) is 0. The van der Waals surface area contributed by atoms with Gasteiger partial charge in [-0.3, -0.25) is 0 Å². The van der Waals surface area contributed by atoms with Crippen LogP contribution in [0.2, 0.25) is 0 Å². The predicted molar refractivity (Wildman–Crippen MR) is 115 cm³/mol. The van der Waals surface area contributed by atoms with E-state index in [9.17, 15) is 14.9 Å². The molecule has 5 nitrogen and oxygen atoms in total. The number of fused-ring (bicyclic) bond motifs is 2. The maximum atomic E-state index is 13.0. The third kappa shape index (κ3) is 3.11. The summed E-state index contributed by atoms with van der Waals surface area (Å²) in [6, 6.07) is 26.9. The van der Waals surface area contributed by atoms with Crippen LogP contribution in [0.3, 0.4) is 0 Å². The summed E-state index contributed by atoms with van der Waals surface area (Å²) in [7, 11) is 0. The van der Waals surface area contributed by atoms with Gasteiger partial charge in [-0.1, -0.05) is 60.7 Å². The third-order valence-electron chi connectivity index (χ3n) is 5.37. The number of nitriles is 1. The van der Waals surface area contributed by atoms with Gasteiger partial charge in [0.1, 0.15) is 11.5 Å². The van der Waals surface area contributed by atoms with Gasteiger partial charge >= 0.3 is 11.3 Å². The van der Waals surface area contributed by atoms with Crippen molar-refractivity contribution in [1.29, 1.82) is 5.26 Å². The van der Waals surface area contributed by atoms with Crippen LogP contribution in [0.15, 0.2) is 103 Å². The lowest BCUT2D eigenvalue weighted by Gasteiger charge is -2.15. The quantitative estimate of drug-likeness (QED) is 0.428. The van der Waals surface area contributed by atoms with Gasteiger partial charge in [0.15, 0.2) is 0 Å². The maximum Gasteiger partial charge on any atom is 0.341 e. The average Bonchev–Trinajstić information content (AvgIpc) is 3.03. The lowest BCUT2D eigenvalue weighted by molar-refractivity contribution is 0.533. The Bertz CT molecular complexity index is 1400. The zero-order valence-corrected chi connectivity index (χ0v) is 16.2. The molecule has 0 bridgehead atoms. The molecule has 2 aliphatic carbocycles. The number of rotatable bonds is 3. The maximum absolute atomic E-state index is 13.0. The molecule has 0 unspecified atom stereocenters. The van der Waals surface area contributed by atoms with Crippen molar-refractivity contribution in [1.82, 2.24) is 0 Å². The molecule has 1 aromatic rings. The molecule has 31 heavy (non-hydrogen) atoms. The topological polar surface area (TPSA) is 84.2 Å². The molecular weight excluding hydrogens is 390 g/mol. The molecule has 0 amide bonds. The molecule has 0 spiro atoms. The van der Waals surface area contributed by atoms with Crippen molar-refractivity contribution in [3.05, 3.63) is 128 Å². The molecule has 148 valence electrons. The van der Waals surface area contributed by atoms with Gasteiger partial charge in [-0.15, -0.1) is 0 Å². The standard InChI is InChI=1S/C26H15NO4/c27-15-16-11-13-17(14-12-16)22(23-18-7-3-1-5-9-20(18)30-25(23)28)24-19-8-4-2-6-10-21(19)31-26(24)29/h1-14,22H. The number of nitrogens with zero attached hydrogens (tertiary/aromatic N) is 1. The summed E-state index contributed by atoms with van der Waals surface area (Å²) >= 11 is 0. The van der Waals surface area contributed by atoms with Crippen molar-refractivity contribution in [3.8, 4) is 28.7 Å². The molecule has 5 rings (SSSR count). The molecule has 0 atom stereocenters. The number of benzene rings is 1. The van der Waals surface area contributed by atoms with E-state index >= 15 is 0 Å². The largest absolute Gasteiger partial charge is 0.422 e. The van der Waals surface area contributed by atoms with E-state index in [0.717, 1.165) is 0 Å². The highest BCUT2D eigenvalue weighted by molar-refractivity contribution is 5.71. The summed E-state index contributed by atoms with van der Waals surface area (Å²) in [5, 5.41) is 9.18. The monoisotopic (exact) mass is 405 g/mol. The van der Waals surface area contributed by atoms with Crippen molar-refractivity contribution in [2.45, 2.75) is 5.92 Å². The highest BCUT2D eigenvalue weighted by Gasteiger charge is 2.33. The highest BCUT2D eigenvalue weighted by atomic mass is 16.4. The van der Waals surface area contributed by atoms with E-state index < -0.39 is 17.2 Å². The fourth-order valence-corrected chi connectivity index (χ4v) is 3.99. The fraction of sp³-hybridized carbons (Fsp3) is 0.0385. The summed E-state index contributed by atoms with van der Waals surface area (Å²) in [5.41, 5.74) is 2.13. The van der Waals surface area contributed by atoms with Gasteiger partial charge in [0.25, 0.3) is 0 Å². The number of hydrogen-bond acceptors (Lipinski definition) is 5. The molecule has 0 N–H and O–H groups in total. The molecule has 0 saturated heterocycles. The van der Waals surface area contributed by atoms with E-state index in [2.05, 4.69) is 6.07 Å². The van der Waals surface area contributed by atoms with E-state index in [1.54, 1.807) is 60.7 Å². The first-order chi connectivity index (χ1) is 15.2. The Kier molecular flexibility index (Phi) is 4.46. The van der Waals surface area contributed by atoms with Crippen molar-refractivity contribution >= 4 is 0 Å². The van der Waals surface area contributed by atoms with E-state index in [0.29, 0.717) is 44.9 Å². The number of furan rings is 2. The van der Waals surface area contributed by atoms with Gasteiger partial charge in [0, 0.05) is 17.0 Å². The van der Waals surface area contributed by atoms with Crippen LogP contribution in [-0.4, -0.2) is 0 Å². The van der Waals surface area contributed by atoms with E-state index in [1.165, 1.54) is 0 Å². The van der Waals surface area contributed by atoms with Gasteiger partial charge in [0.05, 0.1) is 22.8 Å². The SMILES string of the molecule is N#Cc1ccc(C(c2c3cccccc-3oc2=O)c2c3cccccc-3oc2=O)cc1. The Morgan fingerprint density at radius 2 is 1.13 bits per heavy atom. The minimum Gasteiger partial charge on any atom is -0.422 e. The van der Waals surface area contributed by atoms with Gasteiger partial charge < -0.3 is 8.83 Å². The molecule has 4 aliphatic rings. The van der Waals surface area contributed by atoms with Crippen LogP contribution in [-0.2, 0) is 0 Å². The van der Waals surface area contributed by atoms with E-state index in [4.69, 9.17) is 8.83 Å².